The van der Waals surface area contributed by atoms with E-state index in [0.717, 1.165) is 31.8 Å². The Hall–Kier alpha value is -0.570. The van der Waals surface area contributed by atoms with Crippen LogP contribution in [0.25, 0.3) is 0 Å². The maximum absolute atomic E-state index is 12.2. The third-order valence-corrected chi connectivity index (χ3v) is 4.17. The van der Waals surface area contributed by atoms with Crippen LogP contribution in [0.3, 0.4) is 0 Å². The van der Waals surface area contributed by atoms with Gasteiger partial charge in [0, 0.05) is 12.6 Å². The third kappa shape index (κ3) is 2.03. The summed E-state index contributed by atoms with van der Waals surface area (Å²) in [6.07, 6.45) is 4.34. The average molecular weight is 210 g/mol. The Labute approximate surface area is 92.0 Å². The zero-order valence-corrected chi connectivity index (χ0v) is 9.81. The van der Waals surface area contributed by atoms with Gasteiger partial charge < -0.3 is 10.6 Å². The number of nitrogens with one attached hydrogen (secondary N) is 2. The molecule has 0 bridgehead atoms. The minimum Gasteiger partial charge on any atom is -0.353 e. The van der Waals surface area contributed by atoms with E-state index in [1.807, 2.05) is 0 Å². The van der Waals surface area contributed by atoms with E-state index < -0.39 is 0 Å². The highest BCUT2D eigenvalue weighted by Gasteiger charge is 2.44. The second-order valence-corrected chi connectivity index (χ2v) is 5.04. The first-order chi connectivity index (χ1) is 7.22. The molecule has 2 fully saturated rings. The molecule has 0 aromatic heterocycles. The fourth-order valence-corrected chi connectivity index (χ4v) is 2.60. The van der Waals surface area contributed by atoms with E-state index >= 15 is 0 Å². The Kier molecular flexibility index (Phi) is 3.01. The van der Waals surface area contributed by atoms with Crippen molar-refractivity contribution < 1.29 is 4.79 Å². The van der Waals surface area contributed by atoms with Crippen LogP contribution >= 0.6 is 0 Å². The standard InChI is InChI=1S/C12H22N2O/c1-3-9-7-10(9)14-11(15)12(4-2)5-6-13-8-12/h9-10,13H,3-8H2,1-2H3,(H,14,15). The van der Waals surface area contributed by atoms with Crippen molar-refractivity contribution in [2.24, 2.45) is 11.3 Å². The van der Waals surface area contributed by atoms with E-state index in [4.69, 9.17) is 0 Å². The van der Waals surface area contributed by atoms with Gasteiger partial charge in [0.15, 0.2) is 0 Å². The lowest BCUT2D eigenvalue weighted by atomic mass is 9.83. The summed E-state index contributed by atoms with van der Waals surface area (Å²) in [4.78, 5) is 12.2. The van der Waals surface area contributed by atoms with Crippen LogP contribution in [-0.2, 0) is 4.79 Å². The van der Waals surface area contributed by atoms with Crippen LogP contribution in [0.5, 0.6) is 0 Å². The van der Waals surface area contributed by atoms with Gasteiger partial charge in [0.05, 0.1) is 5.41 Å². The lowest BCUT2D eigenvalue weighted by molar-refractivity contribution is -0.130. The number of hydrogen-bond acceptors (Lipinski definition) is 2. The van der Waals surface area contributed by atoms with Gasteiger partial charge in [0.25, 0.3) is 0 Å². The monoisotopic (exact) mass is 210 g/mol. The van der Waals surface area contributed by atoms with Crippen molar-refractivity contribution in [3.8, 4) is 0 Å². The Bertz CT molecular complexity index is 246. The van der Waals surface area contributed by atoms with Gasteiger partial charge in [-0.25, -0.2) is 0 Å². The Balaban J connectivity index is 1.89. The molecule has 1 amide bonds. The molecule has 0 aromatic carbocycles. The zero-order chi connectivity index (χ0) is 10.9. The van der Waals surface area contributed by atoms with E-state index in [-0.39, 0.29) is 11.3 Å². The van der Waals surface area contributed by atoms with E-state index in [0.29, 0.717) is 6.04 Å². The summed E-state index contributed by atoms with van der Waals surface area (Å²) in [5, 5.41) is 6.51. The molecule has 0 aromatic rings. The molecule has 3 atom stereocenters. The highest BCUT2D eigenvalue weighted by Crippen LogP contribution is 2.36. The van der Waals surface area contributed by atoms with Crippen LogP contribution in [-0.4, -0.2) is 25.0 Å². The maximum atomic E-state index is 12.2. The quantitative estimate of drug-likeness (QED) is 0.734. The topological polar surface area (TPSA) is 41.1 Å². The summed E-state index contributed by atoms with van der Waals surface area (Å²) >= 11 is 0. The van der Waals surface area contributed by atoms with Gasteiger partial charge in [-0.2, -0.15) is 0 Å². The predicted octanol–water partition coefficient (Wildman–Crippen LogP) is 1.29. The molecule has 0 radical (unpaired) electrons. The highest BCUT2D eigenvalue weighted by atomic mass is 16.2. The summed E-state index contributed by atoms with van der Waals surface area (Å²) in [5.74, 6) is 1.04. The smallest absolute Gasteiger partial charge is 0.227 e. The molecule has 1 saturated heterocycles. The minimum atomic E-state index is -0.110. The molecule has 3 unspecified atom stereocenters. The molecular formula is C12H22N2O. The predicted molar refractivity (Wildman–Crippen MR) is 60.5 cm³/mol. The second kappa shape index (κ2) is 4.12. The number of hydrogen-bond donors (Lipinski definition) is 2. The van der Waals surface area contributed by atoms with Crippen molar-refractivity contribution in [3.05, 3.63) is 0 Å². The molecular weight excluding hydrogens is 188 g/mol. The van der Waals surface area contributed by atoms with Crippen LogP contribution in [0.4, 0.5) is 0 Å². The van der Waals surface area contributed by atoms with Crippen LogP contribution < -0.4 is 10.6 Å². The molecule has 1 aliphatic heterocycles. The highest BCUT2D eigenvalue weighted by molar-refractivity contribution is 5.83. The first-order valence-electron chi connectivity index (χ1n) is 6.23. The van der Waals surface area contributed by atoms with Gasteiger partial charge in [-0.1, -0.05) is 20.3 Å². The molecule has 0 spiro atoms. The molecule has 3 heteroatoms. The number of carbonyl (C=O) groups excluding carboxylic acids is 1. The van der Waals surface area contributed by atoms with Gasteiger partial charge in [0.2, 0.25) is 5.91 Å². The molecule has 1 heterocycles. The van der Waals surface area contributed by atoms with Gasteiger partial charge >= 0.3 is 0 Å². The van der Waals surface area contributed by atoms with Gasteiger partial charge in [-0.05, 0) is 31.7 Å². The molecule has 2 N–H and O–H groups in total. The number of carbonyl (C=O) groups is 1. The first kappa shape index (κ1) is 10.9. The summed E-state index contributed by atoms with van der Waals surface area (Å²) in [6.45, 7) is 6.17. The van der Waals surface area contributed by atoms with Gasteiger partial charge in [0.1, 0.15) is 0 Å². The van der Waals surface area contributed by atoms with Crippen molar-refractivity contribution in [1.29, 1.82) is 0 Å². The van der Waals surface area contributed by atoms with Crippen LogP contribution in [0.1, 0.15) is 39.5 Å². The van der Waals surface area contributed by atoms with Crippen LogP contribution in [0.15, 0.2) is 0 Å². The average Bonchev–Trinajstić information content (AvgIpc) is 2.81. The summed E-state index contributed by atoms with van der Waals surface area (Å²) in [6, 6.07) is 0.478. The van der Waals surface area contributed by atoms with Gasteiger partial charge in [-0.3, -0.25) is 4.79 Å². The summed E-state index contributed by atoms with van der Waals surface area (Å²) in [7, 11) is 0. The SMILES string of the molecule is CCC1CC1NC(=O)C1(CC)CCNC1. The fraction of sp³-hybridized carbons (Fsp3) is 0.917. The van der Waals surface area contributed by atoms with E-state index in [1.165, 1.54) is 12.8 Å². The van der Waals surface area contributed by atoms with E-state index in [2.05, 4.69) is 24.5 Å². The minimum absolute atomic E-state index is 0.110. The largest absolute Gasteiger partial charge is 0.353 e. The van der Waals surface area contributed by atoms with Crippen molar-refractivity contribution in [2.75, 3.05) is 13.1 Å². The van der Waals surface area contributed by atoms with Crippen LogP contribution in [0, 0.1) is 11.3 Å². The molecule has 3 nitrogen and oxygen atoms in total. The lowest BCUT2D eigenvalue weighted by Crippen LogP contribution is -2.43. The molecule has 1 aliphatic carbocycles. The normalized spacial score (nSPS) is 39.1. The number of amides is 1. The van der Waals surface area contributed by atoms with Crippen molar-refractivity contribution in [3.63, 3.8) is 0 Å². The number of rotatable bonds is 4. The first-order valence-corrected chi connectivity index (χ1v) is 6.23. The lowest BCUT2D eigenvalue weighted by Gasteiger charge is -2.25. The maximum Gasteiger partial charge on any atom is 0.227 e. The Morgan fingerprint density at radius 3 is 2.80 bits per heavy atom. The van der Waals surface area contributed by atoms with Crippen LogP contribution in [0.2, 0.25) is 0 Å². The Morgan fingerprint density at radius 2 is 2.33 bits per heavy atom. The second-order valence-electron chi connectivity index (χ2n) is 5.04. The van der Waals surface area contributed by atoms with E-state index in [1.54, 1.807) is 0 Å². The molecule has 1 saturated carbocycles. The molecule has 86 valence electrons. The third-order valence-electron chi connectivity index (χ3n) is 4.17. The molecule has 2 rings (SSSR count). The summed E-state index contributed by atoms with van der Waals surface area (Å²) in [5.41, 5.74) is -0.110. The Morgan fingerprint density at radius 1 is 1.53 bits per heavy atom. The zero-order valence-electron chi connectivity index (χ0n) is 9.81. The van der Waals surface area contributed by atoms with Gasteiger partial charge in [-0.15, -0.1) is 0 Å². The summed E-state index contributed by atoms with van der Waals surface area (Å²) < 4.78 is 0. The van der Waals surface area contributed by atoms with Crippen molar-refractivity contribution >= 4 is 5.91 Å². The van der Waals surface area contributed by atoms with Crippen molar-refractivity contribution in [1.82, 2.24) is 10.6 Å². The van der Waals surface area contributed by atoms with Crippen molar-refractivity contribution in [2.45, 2.75) is 45.6 Å². The molecule has 15 heavy (non-hydrogen) atoms. The molecule has 2 aliphatic rings. The fourth-order valence-electron chi connectivity index (χ4n) is 2.60. The van der Waals surface area contributed by atoms with E-state index in [9.17, 15) is 4.79 Å².